The zero-order valence-electron chi connectivity index (χ0n) is 36.5. The van der Waals surface area contributed by atoms with E-state index in [-0.39, 0.29) is 12.5 Å². The van der Waals surface area contributed by atoms with Gasteiger partial charge in [0.2, 0.25) is 5.91 Å². The summed E-state index contributed by atoms with van der Waals surface area (Å²) in [6, 6.07) is -0.642. The number of allylic oxidation sites excluding steroid dienone is 5. The molecule has 0 fully saturated rings. The molecule has 0 aromatic carbocycles. The normalized spacial score (nSPS) is 13.2. The third-order valence-electron chi connectivity index (χ3n) is 11.1. The molecule has 0 aromatic rings. The average molecular weight is 758 g/mol. The number of rotatable bonds is 44. The summed E-state index contributed by atoms with van der Waals surface area (Å²) in [5, 5.41) is 23.0. The molecule has 0 spiro atoms. The Labute approximate surface area is 338 Å². The van der Waals surface area contributed by atoms with Crippen molar-refractivity contribution in [2.45, 2.75) is 270 Å². The van der Waals surface area contributed by atoms with E-state index in [1.54, 1.807) is 6.08 Å². The summed E-state index contributed by atoms with van der Waals surface area (Å²) < 4.78 is 0. The molecule has 2 unspecified atom stereocenters. The highest BCUT2D eigenvalue weighted by Gasteiger charge is 2.17. The van der Waals surface area contributed by atoms with Gasteiger partial charge in [-0.15, -0.1) is 0 Å². The molecule has 0 saturated carbocycles. The summed E-state index contributed by atoms with van der Waals surface area (Å²) in [7, 11) is 0. The first-order valence-electron chi connectivity index (χ1n) is 24.2. The van der Waals surface area contributed by atoms with E-state index < -0.39 is 12.1 Å². The second-order valence-corrected chi connectivity index (χ2v) is 16.5. The van der Waals surface area contributed by atoms with Crippen molar-refractivity contribution in [1.29, 1.82) is 0 Å². The lowest BCUT2D eigenvalue weighted by atomic mass is 10.0. The van der Waals surface area contributed by atoms with E-state index in [9.17, 15) is 15.0 Å². The minimum Gasteiger partial charge on any atom is -0.394 e. The Kier molecular flexibility index (Phi) is 44.8. The molecule has 0 radical (unpaired) electrons. The van der Waals surface area contributed by atoms with E-state index in [4.69, 9.17) is 0 Å². The van der Waals surface area contributed by atoms with Crippen molar-refractivity contribution in [3.05, 3.63) is 36.5 Å². The monoisotopic (exact) mass is 758 g/mol. The van der Waals surface area contributed by atoms with E-state index in [0.29, 0.717) is 6.42 Å². The number of amides is 1. The zero-order valence-corrected chi connectivity index (χ0v) is 36.5. The Bertz CT molecular complexity index is 821. The van der Waals surface area contributed by atoms with E-state index in [2.05, 4.69) is 43.5 Å². The quantitative estimate of drug-likeness (QED) is 0.0428. The first kappa shape index (κ1) is 52.6. The van der Waals surface area contributed by atoms with Crippen LogP contribution in [0.1, 0.15) is 258 Å². The fraction of sp³-hybridized carbons (Fsp3) is 0.860. The van der Waals surface area contributed by atoms with Gasteiger partial charge in [0.15, 0.2) is 0 Å². The number of aliphatic hydroxyl groups excluding tert-OH is 2. The van der Waals surface area contributed by atoms with Gasteiger partial charge in [-0.25, -0.2) is 0 Å². The molecule has 0 rings (SSSR count). The summed E-state index contributed by atoms with van der Waals surface area (Å²) in [6.45, 7) is 4.31. The Balaban J connectivity index is 3.56. The lowest BCUT2D eigenvalue weighted by molar-refractivity contribution is -0.123. The van der Waals surface area contributed by atoms with Crippen LogP contribution in [0.4, 0.5) is 0 Å². The molecule has 0 aromatic heterocycles. The zero-order chi connectivity index (χ0) is 39.3. The van der Waals surface area contributed by atoms with Crippen LogP contribution in [0.3, 0.4) is 0 Å². The first-order chi connectivity index (χ1) is 26.7. The van der Waals surface area contributed by atoms with Crippen molar-refractivity contribution in [2.75, 3.05) is 6.61 Å². The number of hydrogen-bond donors (Lipinski definition) is 3. The summed E-state index contributed by atoms with van der Waals surface area (Å²) in [5.41, 5.74) is 0. The third-order valence-corrected chi connectivity index (χ3v) is 11.1. The van der Waals surface area contributed by atoms with Gasteiger partial charge >= 0.3 is 0 Å². The standard InChI is InChI=1S/C50H95NO3/c1-3-5-7-9-11-13-15-17-19-21-23-24-25-26-28-30-32-34-36-38-40-42-44-46-50(54)51-48(47-52)49(53)45-43-41-39-37-35-33-31-29-27-22-20-18-16-14-12-10-8-6-4-2/h27,29,35,37,43,45,48-49,52-53H,3-26,28,30-34,36,38-42,44,46-47H2,1-2H3,(H,51,54)/b29-27+,37-35+,45-43+. The molecule has 3 N–H and O–H groups in total. The maximum absolute atomic E-state index is 12.4. The largest absolute Gasteiger partial charge is 0.394 e. The van der Waals surface area contributed by atoms with Crippen LogP contribution in [0.25, 0.3) is 0 Å². The average Bonchev–Trinajstić information content (AvgIpc) is 3.18. The van der Waals surface area contributed by atoms with Crippen molar-refractivity contribution in [3.8, 4) is 0 Å². The van der Waals surface area contributed by atoms with E-state index in [0.717, 1.165) is 38.5 Å². The third kappa shape index (κ3) is 41.8. The number of nitrogens with one attached hydrogen (secondary N) is 1. The van der Waals surface area contributed by atoms with Gasteiger partial charge in [-0.05, 0) is 44.9 Å². The Morgan fingerprint density at radius 3 is 1.07 bits per heavy atom. The SMILES string of the molecule is CCCCCCCCCCC/C=C/CC/C=C/CC/C=C/C(O)C(CO)NC(=O)CCCCCCCCCCCCCCCCCCCCCCCCC. The van der Waals surface area contributed by atoms with Crippen LogP contribution in [-0.4, -0.2) is 34.9 Å². The molecular weight excluding hydrogens is 663 g/mol. The molecule has 0 bridgehead atoms. The molecule has 54 heavy (non-hydrogen) atoms. The molecule has 1 amide bonds. The Hall–Kier alpha value is -1.39. The highest BCUT2D eigenvalue weighted by molar-refractivity contribution is 5.76. The topological polar surface area (TPSA) is 69.6 Å². The maximum atomic E-state index is 12.4. The molecule has 318 valence electrons. The van der Waals surface area contributed by atoms with Crippen LogP contribution in [0.15, 0.2) is 36.5 Å². The van der Waals surface area contributed by atoms with Crippen LogP contribution in [0, 0.1) is 0 Å². The van der Waals surface area contributed by atoms with E-state index >= 15 is 0 Å². The van der Waals surface area contributed by atoms with Crippen molar-refractivity contribution in [3.63, 3.8) is 0 Å². The molecule has 0 aliphatic rings. The van der Waals surface area contributed by atoms with Crippen LogP contribution >= 0.6 is 0 Å². The van der Waals surface area contributed by atoms with Crippen molar-refractivity contribution in [2.24, 2.45) is 0 Å². The van der Waals surface area contributed by atoms with Crippen LogP contribution in [0.5, 0.6) is 0 Å². The summed E-state index contributed by atoms with van der Waals surface area (Å²) in [5.74, 6) is -0.0739. The smallest absolute Gasteiger partial charge is 0.220 e. The van der Waals surface area contributed by atoms with E-state index in [1.807, 2.05) is 6.08 Å². The van der Waals surface area contributed by atoms with Gasteiger partial charge in [0.1, 0.15) is 0 Å². The number of unbranched alkanes of at least 4 members (excludes halogenated alkanes) is 33. The molecule has 0 saturated heterocycles. The van der Waals surface area contributed by atoms with Crippen LogP contribution < -0.4 is 5.32 Å². The number of hydrogen-bond acceptors (Lipinski definition) is 3. The van der Waals surface area contributed by atoms with Crippen molar-refractivity contribution in [1.82, 2.24) is 5.32 Å². The summed E-state index contributed by atoms with van der Waals surface area (Å²) >= 11 is 0. The molecule has 4 nitrogen and oxygen atoms in total. The van der Waals surface area contributed by atoms with Crippen molar-refractivity contribution >= 4 is 5.91 Å². The van der Waals surface area contributed by atoms with Gasteiger partial charge in [0.05, 0.1) is 18.8 Å². The lowest BCUT2D eigenvalue weighted by Gasteiger charge is -2.19. The van der Waals surface area contributed by atoms with Crippen LogP contribution in [-0.2, 0) is 4.79 Å². The van der Waals surface area contributed by atoms with Gasteiger partial charge in [-0.3, -0.25) is 4.79 Å². The van der Waals surface area contributed by atoms with Crippen molar-refractivity contribution < 1.29 is 15.0 Å². The van der Waals surface area contributed by atoms with Gasteiger partial charge in [-0.2, -0.15) is 0 Å². The predicted molar refractivity (Wildman–Crippen MR) is 239 cm³/mol. The molecule has 0 aliphatic carbocycles. The van der Waals surface area contributed by atoms with Gasteiger partial charge in [0.25, 0.3) is 0 Å². The van der Waals surface area contributed by atoms with Gasteiger partial charge < -0.3 is 15.5 Å². The van der Waals surface area contributed by atoms with Gasteiger partial charge in [0, 0.05) is 6.42 Å². The fourth-order valence-corrected chi connectivity index (χ4v) is 7.39. The van der Waals surface area contributed by atoms with Crippen LogP contribution in [0.2, 0.25) is 0 Å². The molecular formula is C50H95NO3. The Morgan fingerprint density at radius 1 is 0.426 bits per heavy atom. The predicted octanol–water partition coefficient (Wildman–Crippen LogP) is 15.4. The lowest BCUT2D eigenvalue weighted by Crippen LogP contribution is -2.45. The first-order valence-corrected chi connectivity index (χ1v) is 24.2. The highest BCUT2D eigenvalue weighted by Crippen LogP contribution is 2.16. The fourth-order valence-electron chi connectivity index (χ4n) is 7.39. The second kappa shape index (κ2) is 46.0. The van der Waals surface area contributed by atoms with E-state index in [1.165, 1.54) is 199 Å². The van der Waals surface area contributed by atoms with Gasteiger partial charge in [-0.1, -0.05) is 243 Å². The summed E-state index contributed by atoms with van der Waals surface area (Å²) in [4.78, 5) is 12.4. The molecule has 4 heteroatoms. The minimum absolute atomic E-state index is 0.0739. The number of carbonyl (C=O) groups excluding carboxylic acids is 1. The highest BCUT2D eigenvalue weighted by atomic mass is 16.3. The molecule has 0 aliphatic heterocycles. The maximum Gasteiger partial charge on any atom is 0.220 e. The molecule has 0 heterocycles. The minimum atomic E-state index is -0.867. The Morgan fingerprint density at radius 2 is 0.722 bits per heavy atom. The second-order valence-electron chi connectivity index (χ2n) is 16.5. The number of aliphatic hydroxyl groups is 2. The molecule has 2 atom stereocenters. The summed E-state index contributed by atoms with van der Waals surface area (Å²) in [6.07, 6.45) is 61.3. The number of carbonyl (C=O) groups is 1.